The standard InChI is InChI=1S/C11H17NO5/c13-10(14)5-8-1-2-12(6-8)11(15)9-7-16-3-4-17-9/h8-9H,1-7H2,(H,13,14). The molecule has 6 nitrogen and oxygen atoms in total. The average molecular weight is 243 g/mol. The molecule has 2 aliphatic heterocycles. The van der Waals surface area contributed by atoms with Gasteiger partial charge in [0.2, 0.25) is 0 Å². The number of hydrogen-bond acceptors (Lipinski definition) is 4. The molecule has 0 spiro atoms. The van der Waals surface area contributed by atoms with Crippen LogP contribution in [0.5, 0.6) is 0 Å². The first kappa shape index (κ1) is 12.3. The predicted molar refractivity (Wildman–Crippen MR) is 57.5 cm³/mol. The van der Waals surface area contributed by atoms with Gasteiger partial charge in [-0.3, -0.25) is 9.59 Å². The van der Waals surface area contributed by atoms with Gasteiger partial charge in [-0.2, -0.15) is 0 Å². The van der Waals surface area contributed by atoms with Gasteiger partial charge in [0.25, 0.3) is 5.91 Å². The Kier molecular flexibility index (Phi) is 3.96. The van der Waals surface area contributed by atoms with Gasteiger partial charge in [-0.05, 0) is 12.3 Å². The van der Waals surface area contributed by atoms with E-state index in [9.17, 15) is 9.59 Å². The van der Waals surface area contributed by atoms with E-state index in [-0.39, 0.29) is 18.2 Å². The molecule has 2 fully saturated rings. The van der Waals surface area contributed by atoms with Crippen LogP contribution in [0, 0.1) is 5.92 Å². The molecule has 2 unspecified atom stereocenters. The molecule has 0 aliphatic carbocycles. The van der Waals surface area contributed by atoms with Crippen molar-refractivity contribution >= 4 is 11.9 Å². The fourth-order valence-electron chi connectivity index (χ4n) is 2.28. The summed E-state index contributed by atoms with van der Waals surface area (Å²) in [7, 11) is 0. The fraction of sp³-hybridized carbons (Fsp3) is 0.818. The molecular formula is C11H17NO5. The maximum atomic E-state index is 12.0. The molecule has 2 heterocycles. The Bertz CT molecular complexity index is 300. The number of nitrogens with zero attached hydrogens (tertiary/aromatic N) is 1. The van der Waals surface area contributed by atoms with E-state index in [1.807, 2.05) is 0 Å². The van der Waals surface area contributed by atoms with Crippen molar-refractivity contribution in [1.29, 1.82) is 0 Å². The van der Waals surface area contributed by atoms with Crippen LogP contribution in [-0.4, -0.2) is 60.9 Å². The van der Waals surface area contributed by atoms with Crippen molar-refractivity contribution in [2.45, 2.75) is 18.9 Å². The number of rotatable bonds is 3. The lowest BCUT2D eigenvalue weighted by molar-refractivity contribution is -0.157. The summed E-state index contributed by atoms with van der Waals surface area (Å²) in [5, 5.41) is 8.70. The molecule has 0 aromatic heterocycles. The third-order valence-electron chi connectivity index (χ3n) is 3.15. The minimum absolute atomic E-state index is 0.0703. The summed E-state index contributed by atoms with van der Waals surface area (Å²) in [5.41, 5.74) is 0. The van der Waals surface area contributed by atoms with Crippen molar-refractivity contribution in [2.24, 2.45) is 5.92 Å². The number of carbonyl (C=O) groups is 2. The molecule has 1 N–H and O–H groups in total. The van der Waals surface area contributed by atoms with Crippen molar-refractivity contribution in [2.75, 3.05) is 32.9 Å². The summed E-state index contributed by atoms with van der Waals surface area (Å²) >= 11 is 0. The molecule has 96 valence electrons. The summed E-state index contributed by atoms with van der Waals surface area (Å²) in [5.74, 6) is -0.805. The Morgan fingerprint density at radius 3 is 2.82 bits per heavy atom. The molecule has 6 heteroatoms. The summed E-state index contributed by atoms with van der Waals surface area (Å²) < 4.78 is 10.5. The topological polar surface area (TPSA) is 76.1 Å². The van der Waals surface area contributed by atoms with Gasteiger partial charge < -0.3 is 19.5 Å². The van der Waals surface area contributed by atoms with Gasteiger partial charge in [0, 0.05) is 19.5 Å². The second-order valence-corrected chi connectivity index (χ2v) is 4.47. The molecule has 0 bridgehead atoms. The zero-order valence-electron chi connectivity index (χ0n) is 9.63. The van der Waals surface area contributed by atoms with Crippen LogP contribution in [0.1, 0.15) is 12.8 Å². The van der Waals surface area contributed by atoms with Gasteiger partial charge in [0.05, 0.1) is 19.8 Å². The Balaban J connectivity index is 1.82. The minimum Gasteiger partial charge on any atom is -0.481 e. The van der Waals surface area contributed by atoms with E-state index < -0.39 is 12.1 Å². The highest BCUT2D eigenvalue weighted by molar-refractivity contribution is 5.81. The van der Waals surface area contributed by atoms with Gasteiger partial charge >= 0.3 is 5.97 Å². The SMILES string of the molecule is O=C(O)CC1CCN(C(=O)C2COCCO2)C1. The zero-order valence-corrected chi connectivity index (χ0v) is 9.63. The van der Waals surface area contributed by atoms with Gasteiger partial charge in [-0.15, -0.1) is 0 Å². The van der Waals surface area contributed by atoms with Gasteiger partial charge in [0.15, 0.2) is 6.10 Å². The number of carboxylic acids is 1. The van der Waals surface area contributed by atoms with Crippen molar-refractivity contribution in [3.05, 3.63) is 0 Å². The first-order valence-corrected chi connectivity index (χ1v) is 5.86. The van der Waals surface area contributed by atoms with E-state index in [1.54, 1.807) is 4.90 Å². The highest BCUT2D eigenvalue weighted by Gasteiger charge is 2.33. The minimum atomic E-state index is -0.804. The Morgan fingerprint density at radius 2 is 2.18 bits per heavy atom. The molecule has 17 heavy (non-hydrogen) atoms. The predicted octanol–water partition coefficient (Wildman–Crippen LogP) is -0.275. The Morgan fingerprint density at radius 1 is 1.35 bits per heavy atom. The number of amides is 1. The number of carboxylic acid groups (broad SMARTS) is 1. The van der Waals surface area contributed by atoms with Gasteiger partial charge in [-0.25, -0.2) is 0 Å². The first-order valence-electron chi connectivity index (χ1n) is 5.86. The summed E-state index contributed by atoms with van der Waals surface area (Å²) in [6.07, 6.45) is 0.379. The monoisotopic (exact) mass is 243 g/mol. The number of aliphatic carboxylic acids is 1. The molecule has 2 saturated heterocycles. The highest BCUT2D eigenvalue weighted by atomic mass is 16.6. The molecule has 0 aromatic rings. The molecule has 2 aliphatic rings. The molecule has 2 rings (SSSR count). The molecule has 0 aromatic carbocycles. The van der Waals surface area contributed by atoms with Crippen molar-refractivity contribution < 1.29 is 24.2 Å². The van der Waals surface area contributed by atoms with Crippen LogP contribution in [0.3, 0.4) is 0 Å². The highest BCUT2D eigenvalue weighted by Crippen LogP contribution is 2.21. The number of ether oxygens (including phenoxy) is 2. The smallest absolute Gasteiger partial charge is 0.303 e. The van der Waals surface area contributed by atoms with Crippen LogP contribution in [0.4, 0.5) is 0 Å². The van der Waals surface area contributed by atoms with E-state index in [2.05, 4.69) is 0 Å². The summed E-state index contributed by atoms with van der Waals surface area (Å²) in [4.78, 5) is 24.3. The lowest BCUT2D eigenvalue weighted by Crippen LogP contribution is -2.44. The molecule has 0 radical (unpaired) electrons. The Hall–Kier alpha value is -1.14. The van der Waals surface area contributed by atoms with E-state index in [0.717, 1.165) is 6.42 Å². The Labute approximate surface area is 99.5 Å². The lowest BCUT2D eigenvalue weighted by Gasteiger charge is -2.26. The number of likely N-dealkylation sites (tertiary alicyclic amines) is 1. The third-order valence-corrected chi connectivity index (χ3v) is 3.15. The maximum Gasteiger partial charge on any atom is 0.303 e. The van der Waals surface area contributed by atoms with Crippen LogP contribution in [-0.2, 0) is 19.1 Å². The van der Waals surface area contributed by atoms with Crippen molar-refractivity contribution in [3.8, 4) is 0 Å². The van der Waals surface area contributed by atoms with Crippen LogP contribution < -0.4 is 0 Å². The second-order valence-electron chi connectivity index (χ2n) is 4.47. The average Bonchev–Trinajstić information content (AvgIpc) is 2.77. The number of hydrogen-bond donors (Lipinski definition) is 1. The van der Waals surface area contributed by atoms with Gasteiger partial charge in [0.1, 0.15) is 0 Å². The normalized spacial score (nSPS) is 29.3. The van der Waals surface area contributed by atoms with E-state index in [0.29, 0.717) is 32.9 Å². The largest absolute Gasteiger partial charge is 0.481 e. The van der Waals surface area contributed by atoms with E-state index in [4.69, 9.17) is 14.6 Å². The first-order chi connectivity index (χ1) is 8.16. The van der Waals surface area contributed by atoms with E-state index >= 15 is 0 Å². The molecule has 1 amide bonds. The van der Waals surface area contributed by atoms with Crippen LogP contribution in [0.15, 0.2) is 0 Å². The van der Waals surface area contributed by atoms with Crippen LogP contribution in [0.25, 0.3) is 0 Å². The van der Waals surface area contributed by atoms with Crippen molar-refractivity contribution in [1.82, 2.24) is 4.90 Å². The van der Waals surface area contributed by atoms with Gasteiger partial charge in [-0.1, -0.05) is 0 Å². The van der Waals surface area contributed by atoms with Crippen LogP contribution in [0.2, 0.25) is 0 Å². The molecule has 0 saturated carbocycles. The summed E-state index contributed by atoms with van der Waals surface area (Å²) in [6.45, 7) is 2.43. The molecular weight excluding hydrogens is 226 g/mol. The van der Waals surface area contributed by atoms with E-state index in [1.165, 1.54) is 0 Å². The summed E-state index contributed by atoms with van der Waals surface area (Å²) in [6, 6.07) is 0. The fourth-order valence-corrected chi connectivity index (χ4v) is 2.28. The lowest BCUT2D eigenvalue weighted by atomic mass is 10.1. The van der Waals surface area contributed by atoms with Crippen LogP contribution >= 0.6 is 0 Å². The third kappa shape index (κ3) is 3.17. The maximum absolute atomic E-state index is 12.0. The van der Waals surface area contributed by atoms with Crippen molar-refractivity contribution in [3.63, 3.8) is 0 Å². The molecule has 2 atom stereocenters. The zero-order chi connectivity index (χ0) is 12.3. The number of carbonyl (C=O) groups excluding carboxylic acids is 1. The quantitative estimate of drug-likeness (QED) is 0.738. The second kappa shape index (κ2) is 5.46.